The SMILES string of the molecule is O=S(=O)(NCCc1csc2nc(-c3ccccc3)nn12)c1ccc(-c2ccccc2)cc1. The Hall–Kier alpha value is -3.33. The van der Waals surface area contributed by atoms with Gasteiger partial charge in [-0.15, -0.1) is 16.4 Å². The Kier molecular flexibility index (Phi) is 5.57. The van der Waals surface area contributed by atoms with Crippen molar-refractivity contribution in [2.75, 3.05) is 6.54 Å². The number of thiazole rings is 1. The summed E-state index contributed by atoms with van der Waals surface area (Å²) in [5.41, 5.74) is 3.90. The van der Waals surface area contributed by atoms with E-state index in [1.54, 1.807) is 16.6 Å². The van der Waals surface area contributed by atoms with Gasteiger partial charge in [-0.1, -0.05) is 72.8 Å². The number of nitrogens with one attached hydrogen (secondary N) is 1. The van der Waals surface area contributed by atoms with Gasteiger partial charge in [-0.2, -0.15) is 4.98 Å². The smallest absolute Gasteiger partial charge is 0.211 e. The monoisotopic (exact) mass is 460 g/mol. The minimum absolute atomic E-state index is 0.250. The van der Waals surface area contributed by atoms with Crippen LogP contribution in [0.4, 0.5) is 0 Å². The molecule has 0 spiro atoms. The molecular weight excluding hydrogens is 440 g/mol. The zero-order chi connectivity index (χ0) is 22.0. The van der Waals surface area contributed by atoms with Crippen LogP contribution in [-0.4, -0.2) is 29.6 Å². The molecule has 2 heterocycles. The largest absolute Gasteiger partial charge is 0.240 e. The first-order chi connectivity index (χ1) is 15.6. The summed E-state index contributed by atoms with van der Waals surface area (Å²) in [4.78, 5) is 5.61. The lowest BCUT2D eigenvalue weighted by molar-refractivity contribution is 0.581. The van der Waals surface area contributed by atoms with Gasteiger partial charge in [-0.3, -0.25) is 0 Å². The molecule has 5 aromatic rings. The van der Waals surface area contributed by atoms with Gasteiger partial charge in [0.1, 0.15) is 0 Å². The predicted octanol–water partition coefficient (Wildman–Crippen LogP) is 4.65. The van der Waals surface area contributed by atoms with Gasteiger partial charge in [0, 0.05) is 23.9 Å². The summed E-state index contributed by atoms with van der Waals surface area (Å²) >= 11 is 1.50. The highest BCUT2D eigenvalue weighted by Crippen LogP contribution is 2.22. The van der Waals surface area contributed by atoms with Crippen LogP contribution < -0.4 is 4.72 Å². The molecule has 0 aliphatic rings. The van der Waals surface area contributed by atoms with Crippen molar-refractivity contribution in [2.45, 2.75) is 11.3 Å². The fourth-order valence-corrected chi connectivity index (χ4v) is 5.35. The van der Waals surface area contributed by atoms with Crippen LogP contribution in [0.15, 0.2) is 95.2 Å². The lowest BCUT2D eigenvalue weighted by Crippen LogP contribution is -2.26. The highest BCUT2D eigenvalue weighted by molar-refractivity contribution is 7.89. The number of nitrogens with zero attached hydrogens (tertiary/aromatic N) is 3. The van der Waals surface area contributed by atoms with Gasteiger partial charge in [0.2, 0.25) is 15.0 Å². The summed E-state index contributed by atoms with van der Waals surface area (Å²) in [6.07, 6.45) is 0.513. The third-order valence-electron chi connectivity index (χ3n) is 5.13. The van der Waals surface area contributed by atoms with Crippen LogP contribution in [0.3, 0.4) is 0 Å². The third-order valence-corrected chi connectivity index (χ3v) is 7.47. The highest BCUT2D eigenvalue weighted by Gasteiger charge is 2.15. The first-order valence-electron chi connectivity index (χ1n) is 10.1. The Morgan fingerprint density at radius 1 is 0.812 bits per heavy atom. The van der Waals surface area contributed by atoms with Crippen LogP contribution in [0, 0.1) is 0 Å². The number of hydrogen-bond donors (Lipinski definition) is 1. The molecule has 0 fully saturated rings. The van der Waals surface area contributed by atoms with Crippen molar-refractivity contribution in [2.24, 2.45) is 0 Å². The Bertz CT molecular complexity index is 1440. The lowest BCUT2D eigenvalue weighted by Gasteiger charge is -2.08. The lowest BCUT2D eigenvalue weighted by atomic mass is 10.1. The molecule has 0 aliphatic carbocycles. The maximum atomic E-state index is 12.7. The second kappa shape index (κ2) is 8.66. The molecule has 1 N–H and O–H groups in total. The minimum atomic E-state index is -3.60. The molecule has 3 aromatic carbocycles. The zero-order valence-electron chi connectivity index (χ0n) is 17.0. The van der Waals surface area contributed by atoms with Crippen molar-refractivity contribution < 1.29 is 8.42 Å². The second-order valence-corrected chi connectivity index (χ2v) is 9.86. The average molecular weight is 461 g/mol. The van der Waals surface area contributed by atoms with Gasteiger partial charge in [0.05, 0.1) is 10.6 Å². The van der Waals surface area contributed by atoms with Crippen molar-refractivity contribution in [3.05, 3.63) is 96.0 Å². The van der Waals surface area contributed by atoms with E-state index in [0.29, 0.717) is 12.2 Å². The summed E-state index contributed by atoms with van der Waals surface area (Å²) in [6, 6.07) is 26.6. The molecule has 0 unspecified atom stereocenters. The van der Waals surface area contributed by atoms with Crippen molar-refractivity contribution >= 4 is 26.3 Å². The normalized spacial score (nSPS) is 11.8. The van der Waals surface area contributed by atoms with Gasteiger partial charge in [0.25, 0.3) is 0 Å². The van der Waals surface area contributed by atoms with E-state index in [-0.39, 0.29) is 11.4 Å². The van der Waals surface area contributed by atoms with Crippen LogP contribution in [-0.2, 0) is 16.4 Å². The van der Waals surface area contributed by atoms with E-state index < -0.39 is 10.0 Å². The van der Waals surface area contributed by atoms with E-state index in [1.807, 2.05) is 78.2 Å². The van der Waals surface area contributed by atoms with Crippen molar-refractivity contribution in [1.82, 2.24) is 19.3 Å². The standard InChI is InChI=1S/C24H20N4O2S2/c29-32(30,22-13-11-19(12-14-22)18-7-3-1-4-8-18)25-16-15-21-17-31-24-26-23(27-28(21)24)20-9-5-2-6-10-20/h1-14,17,25H,15-16H2. The van der Waals surface area contributed by atoms with Crippen LogP contribution in [0.25, 0.3) is 27.5 Å². The number of benzene rings is 3. The third kappa shape index (κ3) is 4.20. The average Bonchev–Trinajstić information content (AvgIpc) is 3.42. The summed E-state index contributed by atoms with van der Waals surface area (Å²) in [7, 11) is -3.60. The fraction of sp³-hybridized carbons (Fsp3) is 0.0833. The van der Waals surface area contributed by atoms with Crippen molar-refractivity contribution in [3.63, 3.8) is 0 Å². The number of aromatic nitrogens is 3. The molecule has 0 radical (unpaired) electrons. The molecule has 5 rings (SSSR count). The quantitative estimate of drug-likeness (QED) is 0.384. The summed E-state index contributed by atoms with van der Waals surface area (Å²) in [6.45, 7) is 0.273. The Morgan fingerprint density at radius 2 is 1.44 bits per heavy atom. The number of sulfonamides is 1. The van der Waals surface area contributed by atoms with E-state index in [9.17, 15) is 8.42 Å². The summed E-state index contributed by atoms with van der Waals surface area (Å²) in [5, 5.41) is 6.56. The molecular formula is C24H20N4O2S2. The zero-order valence-corrected chi connectivity index (χ0v) is 18.7. The van der Waals surface area contributed by atoms with E-state index in [4.69, 9.17) is 0 Å². The highest BCUT2D eigenvalue weighted by atomic mass is 32.2. The Labute approximate surface area is 190 Å². The van der Waals surface area contributed by atoms with Crippen molar-refractivity contribution in [1.29, 1.82) is 0 Å². The maximum absolute atomic E-state index is 12.7. The van der Waals surface area contributed by atoms with E-state index in [2.05, 4.69) is 14.8 Å². The van der Waals surface area contributed by atoms with Crippen LogP contribution in [0.2, 0.25) is 0 Å². The topological polar surface area (TPSA) is 76.4 Å². The molecule has 2 aromatic heterocycles. The molecule has 0 atom stereocenters. The second-order valence-electron chi connectivity index (χ2n) is 7.26. The molecule has 0 saturated heterocycles. The number of hydrogen-bond acceptors (Lipinski definition) is 5. The Morgan fingerprint density at radius 3 is 2.12 bits per heavy atom. The molecule has 0 saturated carbocycles. The number of rotatable bonds is 7. The molecule has 0 amide bonds. The Balaban J connectivity index is 1.27. The minimum Gasteiger partial charge on any atom is -0.211 e. The molecule has 0 aliphatic heterocycles. The van der Waals surface area contributed by atoms with Gasteiger partial charge in [-0.05, 0) is 23.3 Å². The van der Waals surface area contributed by atoms with Gasteiger partial charge in [-0.25, -0.2) is 17.7 Å². The van der Waals surface area contributed by atoms with Gasteiger partial charge < -0.3 is 0 Å². The number of fused-ring (bicyclic) bond motifs is 1. The van der Waals surface area contributed by atoms with Crippen LogP contribution >= 0.6 is 11.3 Å². The van der Waals surface area contributed by atoms with Crippen molar-refractivity contribution in [3.8, 4) is 22.5 Å². The van der Waals surface area contributed by atoms with Crippen LogP contribution in [0.5, 0.6) is 0 Å². The fourth-order valence-electron chi connectivity index (χ4n) is 3.46. The predicted molar refractivity (Wildman–Crippen MR) is 127 cm³/mol. The molecule has 160 valence electrons. The van der Waals surface area contributed by atoms with Crippen LogP contribution in [0.1, 0.15) is 5.69 Å². The molecule has 0 bridgehead atoms. The van der Waals surface area contributed by atoms with Gasteiger partial charge in [0.15, 0.2) is 5.82 Å². The summed E-state index contributed by atoms with van der Waals surface area (Å²) < 4.78 is 29.9. The molecule has 6 nitrogen and oxygen atoms in total. The van der Waals surface area contributed by atoms with Gasteiger partial charge >= 0.3 is 0 Å². The first kappa shape index (κ1) is 20.6. The molecule has 32 heavy (non-hydrogen) atoms. The van der Waals surface area contributed by atoms with E-state index in [1.165, 1.54) is 11.3 Å². The van der Waals surface area contributed by atoms with E-state index in [0.717, 1.165) is 27.3 Å². The summed E-state index contributed by atoms with van der Waals surface area (Å²) in [5.74, 6) is 0.665. The maximum Gasteiger partial charge on any atom is 0.240 e. The van der Waals surface area contributed by atoms with E-state index >= 15 is 0 Å². The molecule has 8 heteroatoms. The first-order valence-corrected chi connectivity index (χ1v) is 12.5.